The van der Waals surface area contributed by atoms with Crippen molar-refractivity contribution >= 4 is 17.7 Å². The third-order valence-corrected chi connectivity index (χ3v) is 4.45. The van der Waals surface area contributed by atoms with Gasteiger partial charge in [0.1, 0.15) is 6.10 Å². The molecule has 1 amide bonds. The van der Waals surface area contributed by atoms with Crippen LogP contribution in [-0.2, 0) is 9.53 Å². The van der Waals surface area contributed by atoms with Gasteiger partial charge >= 0.3 is 12.1 Å². The van der Waals surface area contributed by atoms with E-state index in [0.29, 0.717) is 17.2 Å². The topological polar surface area (TPSA) is 114 Å². The zero-order valence-electron chi connectivity index (χ0n) is 16.2. The third kappa shape index (κ3) is 4.80. The number of rotatable bonds is 6. The van der Waals surface area contributed by atoms with Gasteiger partial charge in [0.05, 0.1) is 0 Å². The van der Waals surface area contributed by atoms with E-state index in [9.17, 15) is 19.1 Å². The van der Waals surface area contributed by atoms with E-state index < -0.39 is 35.1 Å². The molecule has 1 atom stereocenters. The van der Waals surface area contributed by atoms with Crippen molar-refractivity contribution in [2.75, 3.05) is 12.1 Å². The lowest BCUT2D eigenvalue weighted by Crippen LogP contribution is -2.28. The van der Waals surface area contributed by atoms with Crippen LogP contribution < -0.4 is 14.8 Å². The van der Waals surface area contributed by atoms with E-state index >= 15 is 0 Å². The molecule has 1 aliphatic heterocycles. The van der Waals surface area contributed by atoms with Gasteiger partial charge < -0.3 is 24.4 Å². The van der Waals surface area contributed by atoms with E-state index in [2.05, 4.69) is 5.32 Å². The lowest BCUT2D eigenvalue weighted by atomic mass is 9.82. The second kappa shape index (κ2) is 8.32. The Morgan fingerprint density at radius 1 is 1.20 bits per heavy atom. The standard InChI is InChI=1S/C21H20FNO7/c1-21(2,8-7-18(25)26)19(12-3-5-15(24)14(22)9-12)30-20(27)23-13-4-6-16-17(10-13)29-11-28-16/h3-10,19,24H,11H2,1-2H3,(H,23,27)(H,25,26)/b8-7+/t19-/m0/s1. The van der Waals surface area contributed by atoms with Gasteiger partial charge in [-0.05, 0) is 29.8 Å². The number of anilines is 1. The summed E-state index contributed by atoms with van der Waals surface area (Å²) in [7, 11) is 0. The molecule has 0 bridgehead atoms. The normalized spacial score (nSPS) is 13.8. The Hall–Kier alpha value is -3.75. The molecule has 0 aromatic heterocycles. The monoisotopic (exact) mass is 417 g/mol. The summed E-state index contributed by atoms with van der Waals surface area (Å²) in [5.41, 5.74) is -0.390. The SMILES string of the molecule is CC(C)(/C=C/C(=O)O)[C@@H](OC(=O)Nc1ccc2c(c1)OCO2)c1ccc(O)c(F)c1. The average molecular weight is 417 g/mol. The van der Waals surface area contributed by atoms with Crippen molar-refractivity contribution in [3.05, 3.63) is 59.9 Å². The molecule has 0 saturated heterocycles. The first-order valence-corrected chi connectivity index (χ1v) is 8.93. The molecule has 30 heavy (non-hydrogen) atoms. The van der Waals surface area contributed by atoms with Crippen LogP contribution in [0.15, 0.2) is 48.6 Å². The molecule has 0 fully saturated rings. The maximum atomic E-state index is 13.9. The number of hydrogen-bond acceptors (Lipinski definition) is 6. The number of hydrogen-bond donors (Lipinski definition) is 3. The number of benzene rings is 2. The number of carboxylic acid groups (broad SMARTS) is 1. The summed E-state index contributed by atoms with van der Waals surface area (Å²) in [5, 5.41) is 20.9. The molecule has 0 radical (unpaired) electrons. The first kappa shape index (κ1) is 21.0. The molecule has 0 aliphatic carbocycles. The van der Waals surface area contributed by atoms with Crippen molar-refractivity contribution in [1.82, 2.24) is 0 Å². The van der Waals surface area contributed by atoms with Gasteiger partial charge in [0.15, 0.2) is 23.1 Å². The molecule has 0 unspecified atom stereocenters. The molecular weight excluding hydrogens is 397 g/mol. The number of phenolic OH excluding ortho intramolecular Hbond substituents is 1. The Morgan fingerprint density at radius 2 is 1.93 bits per heavy atom. The molecule has 2 aromatic carbocycles. The highest BCUT2D eigenvalue weighted by molar-refractivity contribution is 5.85. The highest BCUT2D eigenvalue weighted by Gasteiger charge is 2.33. The number of amides is 1. The molecule has 8 nitrogen and oxygen atoms in total. The lowest BCUT2D eigenvalue weighted by molar-refractivity contribution is -0.131. The van der Waals surface area contributed by atoms with Crippen molar-refractivity contribution in [3.8, 4) is 17.2 Å². The number of phenols is 1. The highest BCUT2D eigenvalue weighted by atomic mass is 19.1. The summed E-state index contributed by atoms with van der Waals surface area (Å²) in [4.78, 5) is 23.5. The molecule has 0 saturated carbocycles. The van der Waals surface area contributed by atoms with Crippen molar-refractivity contribution in [2.45, 2.75) is 20.0 Å². The molecule has 0 spiro atoms. The van der Waals surface area contributed by atoms with Crippen LogP contribution in [0.1, 0.15) is 25.5 Å². The molecule has 158 valence electrons. The third-order valence-electron chi connectivity index (χ3n) is 4.45. The van der Waals surface area contributed by atoms with Crippen molar-refractivity contribution in [1.29, 1.82) is 0 Å². The Kier molecular flexibility index (Phi) is 5.81. The molecular formula is C21H20FNO7. The van der Waals surface area contributed by atoms with Gasteiger partial charge in [-0.15, -0.1) is 0 Å². The van der Waals surface area contributed by atoms with E-state index in [1.807, 2.05) is 0 Å². The fraction of sp³-hybridized carbons (Fsp3) is 0.238. The maximum Gasteiger partial charge on any atom is 0.412 e. The van der Waals surface area contributed by atoms with Gasteiger partial charge in [-0.2, -0.15) is 0 Å². The van der Waals surface area contributed by atoms with Crippen molar-refractivity contribution in [2.24, 2.45) is 5.41 Å². The van der Waals surface area contributed by atoms with Crippen LogP contribution >= 0.6 is 0 Å². The summed E-state index contributed by atoms with van der Waals surface area (Å²) in [6.45, 7) is 3.35. The number of carbonyl (C=O) groups is 2. The van der Waals surface area contributed by atoms with E-state index in [-0.39, 0.29) is 12.4 Å². The first-order chi connectivity index (χ1) is 14.2. The minimum absolute atomic E-state index is 0.0851. The summed E-state index contributed by atoms with van der Waals surface area (Å²) in [6, 6.07) is 8.35. The fourth-order valence-corrected chi connectivity index (χ4v) is 2.94. The van der Waals surface area contributed by atoms with Crippen LogP contribution in [-0.4, -0.2) is 29.1 Å². The number of halogens is 1. The number of aliphatic carboxylic acids is 1. The molecule has 1 aliphatic rings. The number of ether oxygens (including phenoxy) is 3. The largest absolute Gasteiger partial charge is 0.505 e. The van der Waals surface area contributed by atoms with Gasteiger partial charge in [0.2, 0.25) is 6.79 Å². The van der Waals surface area contributed by atoms with E-state index in [0.717, 1.165) is 18.2 Å². The van der Waals surface area contributed by atoms with Gasteiger partial charge in [-0.25, -0.2) is 14.0 Å². The predicted octanol–water partition coefficient (Wildman–Crippen LogP) is 4.22. The zero-order chi connectivity index (χ0) is 21.9. The molecule has 3 N–H and O–H groups in total. The maximum absolute atomic E-state index is 13.9. The van der Waals surface area contributed by atoms with Gasteiger partial charge in [0, 0.05) is 23.2 Å². The first-order valence-electron chi connectivity index (χ1n) is 8.93. The van der Waals surface area contributed by atoms with Crippen LogP contribution in [0.4, 0.5) is 14.9 Å². The summed E-state index contributed by atoms with van der Waals surface area (Å²) in [6.07, 6.45) is 0.364. The highest BCUT2D eigenvalue weighted by Crippen LogP contribution is 2.40. The average Bonchev–Trinajstić information content (AvgIpc) is 3.14. The number of aromatic hydroxyl groups is 1. The van der Waals surface area contributed by atoms with Crippen molar-refractivity contribution in [3.63, 3.8) is 0 Å². The lowest BCUT2D eigenvalue weighted by Gasteiger charge is -2.31. The van der Waals surface area contributed by atoms with Gasteiger partial charge in [-0.3, -0.25) is 5.32 Å². The predicted molar refractivity (Wildman–Crippen MR) is 104 cm³/mol. The second-order valence-corrected chi connectivity index (χ2v) is 7.18. The van der Waals surface area contributed by atoms with Crippen LogP contribution in [0, 0.1) is 11.2 Å². The smallest absolute Gasteiger partial charge is 0.412 e. The summed E-state index contributed by atoms with van der Waals surface area (Å²) in [5.74, 6) is -1.61. The molecule has 3 rings (SSSR count). The Labute approximate surface area is 171 Å². The van der Waals surface area contributed by atoms with Crippen molar-refractivity contribution < 1.29 is 38.4 Å². The summed E-state index contributed by atoms with van der Waals surface area (Å²) >= 11 is 0. The van der Waals surface area contributed by atoms with E-state index in [4.69, 9.17) is 19.3 Å². The minimum atomic E-state index is -1.18. The number of fused-ring (bicyclic) bond motifs is 1. The second-order valence-electron chi connectivity index (χ2n) is 7.18. The van der Waals surface area contributed by atoms with Crippen LogP contribution in [0.2, 0.25) is 0 Å². The number of nitrogens with one attached hydrogen (secondary N) is 1. The zero-order valence-corrected chi connectivity index (χ0v) is 16.2. The van der Waals surface area contributed by atoms with Gasteiger partial charge in [0.25, 0.3) is 0 Å². The Bertz CT molecular complexity index is 1000. The summed E-state index contributed by atoms with van der Waals surface area (Å²) < 4.78 is 29.9. The van der Waals surface area contributed by atoms with E-state index in [1.165, 1.54) is 12.1 Å². The quantitative estimate of drug-likeness (QED) is 0.603. The van der Waals surface area contributed by atoms with Crippen LogP contribution in [0.5, 0.6) is 17.2 Å². The van der Waals surface area contributed by atoms with Crippen LogP contribution in [0.25, 0.3) is 0 Å². The van der Waals surface area contributed by atoms with E-state index in [1.54, 1.807) is 32.0 Å². The van der Waals surface area contributed by atoms with Crippen LogP contribution in [0.3, 0.4) is 0 Å². The number of carbonyl (C=O) groups excluding carboxylic acids is 1. The Balaban J connectivity index is 1.84. The minimum Gasteiger partial charge on any atom is -0.505 e. The molecule has 9 heteroatoms. The van der Waals surface area contributed by atoms with Gasteiger partial charge in [-0.1, -0.05) is 26.0 Å². The molecule has 1 heterocycles. The fourth-order valence-electron chi connectivity index (χ4n) is 2.94. The molecule has 2 aromatic rings. The number of carboxylic acids is 1. The Morgan fingerprint density at radius 3 is 2.63 bits per heavy atom.